The molecule has 2 aromatic carbocycles. The molecule has 15 heteroatoms. The van der Waals surface area contributed by atoms with Crippen LogP contribution in [0.25, 0.3) is 11.1 Å². The third-order valence-corrected chi connectivity index (χ3v) is 8.37. The summed E-state index contributed by atoms with van der Waals surface area (Å²) in [4.78, 5) is 59.4. The summed E-state index contributed by atoms with van der Waals surface area (Å²) in [6, 6.07) is 11.3. The Morgan fingerprint density at radius 1 is 0.673 bits per heavy atom. The number of aliphatic hydroxyl groups is 1. The van der Waals surface area contributed by atoms with Gasteiger partial charge in [0.15, 0.2) is 0 Å². The fourth-order valence-corrected chi connectivity index (χ4v) is 5.56. The average Bonchev–Trinajstić information content (AvgIpc) is 3.48. The third-order valence-electron chi connectivity index (χ3n) is 8.37. The number of hydrogen-bond acceptors (Lipinski definition) is 10. The van der Waals surface area contributed by atoms with Gasteiger partial charge in [-0.05, 0) is 78.6 Å². The normalized spacial score (nSPS) is 12.3. The minimum atomic E-state index is -0.547. The molecule has 1 aliphatic carbocycles. The second-order valence-electron chi connectivity index (χ2n) is 12.8. The van der Waals surface area contributed by atoms with Gasteiger partial charge in [0.2, 0.25) is 23.6 Å². The molecule has 3 rings (SSSR count). The van der Waals surface area contributed by atoms with Crippen molar-refractivity contribution in [3.63, 3.8) is 0 Å². The predicted octanol–water partition coefficient (Wildman–Crippen LogP) is 4.47. The number of hydrogen-bond donors (Lipinski definition) is 6. The number of alkyl carbamates (subject to hydrolysis) is 1. The lowest BCUT2D eigenvalue weighted by Crippen LogP contribution is -2.27. The Bertz CT molecular complexity index is 1490. The summed E-state index contributed by atoms with van der Waals surface area (Å²) in [5, 5.41) is 22.5. The molecule has 0 saturated heterocycles. The van der Waals surface area contributed by atoms with Crippen LogP contribution >= 0.6 is 0 Å². The van der Waals surface area contributed by atoms with Crippen LogP contribution in [0.5, 0.6) is 0 Å². The summed E-state index contributed by atoms with van der Waals surface area (Å²) in [6.45, 7) is 7.96. The first kappa shape index (κ1) is 46.6. The number of amides is 5. The van der Waals surface area contributed by atoms with Crippen LogP contribution in [0.3, 0.4) is 0 Å². The van der Waals surface area contributed by atoms with Gasteiger partial charge < -0.3 is 50.6 Å². The molecule has 306 valence electrons. The Labute approximate surface area is 325 Å². The van der Waals surface area contributed by atoms with E-state index in [4.69, 9.17) is 24.1 Å². The van der Waals surface area contributed by atoms with Gasteiger partial charge in [-0.25, -0.2) is 4.79 Å². The molecular formula is C40H61N5O10. The second kappa shape index (κ2) is 27.9. The first-order valence-electron chi connectivity index (χ1n) is 19.2. The molecule has 0 heterocycles. The third kappa shape index (κ3) is 18.5. The minimum Gasteiger partial charge on any atom is -0.449 e. The molecular weight excluding hydrogens is 710 g/mol. The zero-order valence-electron chi connectivity index (χ0n) is 32.9. The van der Waals surface area contributed by atoms with Crippen molar-refractivity contribution in [2.75, 3.05) is 84.1 Å². The fourth-order valence-electron chi connectivity index (χ4n) is 5.56. The molecule has 0 aromatic heterocycles. The molecule has 6 N–H and O–H groups in total. The van der Waals surface area contributed by atoms with E-state index in [1.807, 2.05) is 43.3 Å². The highest BCUT2D eigenvalue weighted by molar-refractivity contribution is 5.94. The first-order valence-corrected chi connectivity index (χ1v) is 19.2. The molecule has 0 aliphatic heterocycles. The number of fused-ring (bicyclic) bond motifs is 3. The highest BCUT2D eigenvalue weighted by Gasteiger charge is 2.30. The van der Waals surface area contributed by atoms with E-state index in [9.17, 15) is 24.0 Å². The van der Waals surface area contributed by atoms with E-state index < -0.39 is 6.09 Å². The summed E-state index contributed by atoms with van der Waals surface area (Å²) in [6.07, 6.45) is 4.50. The smallest absolute Gasteiger partial charge is 0.406 e. The van der Waals surface area contributed by atoms with E-state index in [1.54, 1.807) is 14.0 Å². The molecule has 0 spiro atoms. The first-order chi connectivity index (χ1) is 26.7. The largest absolute Gasteiger partial charge is 0.449 e. The Balaban J connectivity index is 0.000000633. The Morgan fingerprint density at radius 2 is 1.24 bits per heavy atom. The molecule has 2 aromatic rings. The summed E-state index contributed by atoms with van der Waals surface area (Å²) in [5.41, 5.74) is 5.03. The van der Waals surface area contributed by atoms with E-state index in [1.165, 1.54) is 7.05 Å². The van der Waals surface area contributed by atoms with Crippen molar-refractivity contribution in [1.82, 2.24) is 16.0 Å². The molecule has 0 radical (unpaired) electrons. The summed E-state index contributed by atoms with van der Waals surface area (Å²) in [5.74, 6) is -0.618. The highest BCUT2D eigenvalue weighted by atomic mass is 16.5. The zero-order valence-corrected chi connectivity index (χ0v) is 32.9. The quantitative estimate of drug-likeness (QED) is 0.0782. The monoisotopic (exact) mass is 771 g/mol. The van der Waals surface area contributed by atoms with E-state index >= 15 is 0 Å². The predicted molar refractivity (Wildman–Crippen MR) is 211 cm³/mol. The van der Waals surface area contributed by atoms with Gasteiger partial charge in [-0.1, -0.05) is 26.0 Å². The number of methoxy groups -OCH3 is 1. The molecule has 1 aliphatic rings. The average molecular weight is 772 g/mol. The fraction of sp³-hybridized carbons (Fsp3) is 0.575. The number of carbonyl (C=O) groups is 5. The molecule has 55 heavy (non-hydrogen) atoms. The van der Waals surface area contributed by atoms with Gasteiger partial charge in [0.05, 0.1) is 13.2 Å². The van der Waals surface area contributed by atoms with Crippen LogP contribution in [-0.2, 0) is 38.1 Å². The van der Waals surface area contributed by atoms with Crippen LogP contribution in [0.15, 0.2) is 36.4 Å². The van der Waals surface area contributed by atoms with Crippen molar-refractivity contribution in [2.24, 2.45) is 0 Å². The van der Waals surface area contributed by atoms with E-state index in [-0.39, 0.29) is 55.6 Å². The number of nitrogens with one attached hydrogen (secondary N) is 5. The van der Waals surface area contributed by atoms with Crippen molar-refractivity contribution in [1.29, 1.82) is 0 Å². The minimum absolute atomic E-state index is 0.0884. The summed E-state index contributed by atoms with van der Waals surface area (Å²) < 4.78 is 20.9. The summed E-state index contributed by atoms with van der Waals surface area (Å²) in [7, 11) is 3.16. The lowest BCUT2D eigenvalue weighted by atomic mass is 9.97. The van der Waals surface area contributed by atoms with Crippen LogP contribution in [0.4, 0.5) is 16.2 Å². The molecule has 0 saturated carbocycles. The van der Waals surface area contributed by atoms with E-state index in [0.29, 0.717) is 76.6 Å². The number of rotatable bonds is 25. The van der Waals surface area contributed by atoms with Gasteiger partial charge >= 0.3 is 6.09 Å². The molecule has 15 nitrogen and oxygen atoms in total. The maximum absolute atomic E-state index is 12.6. The topological polar surface area (TPSA) is 203 Å². The SMILES string of the molecule is CCC(=O)Nc1ccc2c(c1)C(COC(=O)NC)c1cc(NC(=O)CCCC(=O)NCCOCCCCO)ccc1-2.CCCC(=O)NCCOCCCOC. The number of ether oxygens (including phenoxy) is 4. The van der Waals surface area contributed by atoms with E-state index in [0.717, 1.165) is 48.1 Å². The van der Waals surface area contributed by atoms with Crippen LogP contribution in [0.1, 0.15) is 88.7 Å². The number of benzene rings is 2. The number of anilines is 2. The van der Waals surface area contributed by atoms with Crippen LogP contribution in [0.2, 0.25) is 0 Å². The maximum Gasteiger partial charge on any atom is 0.406 e. The number of aliphatic hydroxyl groups excluding tert-OH is 1. The molecule has 1 atom stereocenters. The van der Waals surface area contributed by atoms with Gasteiger partial charge in [-0.3, -0.25) is 19.2 Å². The maximum atomic E-state index is 12.6. The van der Waals surface area contributed by atoms with Gasteiger partial charge in [-0.2, -0.15) is 0 Å². The van der Waals surface area contributed by atoms with Gasteiger partial charge in [-0.15, -0.1) is 0 Å². The van der Waals surface area contributed by atoms with Crippen LogP contribution in [-0.4, -0.2) is 108 Å². The van der Waals surface area contributed by atoms with Crippen molar-refractivity contribution in [2.45, 2.75) is 77.6 Å². The Kier molecular flexibility index (Phi) is 23.7. The Hall–Kier alpha value is -4.57. The van der Waals surface area contributed by atoms with Gasteiger partial charge in [0.25, 0.3) is 0 Å². The lowest BCUT2D eigenvalue weighted by molar-refractivity contribution is -0.122. The van der Waals surface area contributed by atoms with Gasteiger partial charge in [0, 0.05) is 96.7 Å². The van der Waals surface area contributed by atoms with E-state index in [2.05, 4.69) is 26.6 Å². The molecule has 1 unspecified atom stereocenters. The lowest BCUT2D eigenvalue weighted by Gasteiger charge is -2.16. The molecule has 5 amide bonds. The zero-order chi connectivity index (χ0) is 40.3. The van der Waals surface area contributed by atoms with Crippen molar-refractivity contribution >= 4 is 41.1 Å². The van der Waals surface area contributed by atoms with Crippen LogP contribution < -0.4 is 26.6 Å². The van der Waals surface area contributed by atoms with Crippen molar-refractivity contribution in [3.8, 4) is 11.1 Å². The van der Waals surface area contributed by atoms with Crippen molar-refractivity contribution < 1.29 is 48.0 Å². The summed E-state index contributed by atoms with van der Waals surface area (Å²) >= 11 is 0. The highest BCUT2D eigenvalue weighted by Crippen LogP contribution is 2.46. The van der Waals surface area contributed by atoms with Crippen LogP contribution in [0, 0.1) is 0 Å². The van der Waals surface area contributed by atoms with Crippen molar-refractivity contribution in [3.05, 3.63) is 47.5 Å². The molecule has 0 bridgehead atoms. The number of carbonyl (C=O) groups excluding carboxylic acids is 5. The Morgan fingerprint density at radius 3 is 1.78 bits per heavy atom. The number of unbranched alkanes of at least 4 members (excludes halogenated alkanes) is 1. The van der Waals surface area contributed by atoms with Gasteiger partial charge in [0.1, 0.15) is 6.61 Å². The standard InChI is InChI=1S/C30H40N4O7.C10H21NO3/c1-3-27(36)33-20-9-11-22-23-12-10-21(18-25(23)26(24(22)17-20)19-41-30(39)31-2)34-29(38)8-6-7-28(37)32-13-16-40-15-5-4-14-35;1-3-5-10(12)11-6-9-14-8-4-7-13-2/h9-12,17-18,26,35H,3-8,13-16,19H2,1-2H3,(H,31,39)(H,32,37)(H,33,36)(H,34,38);3-9H2,1-2H3,(H,11,12). The molecule has 0 fully saturated rings. The second-order valence-corrected chi connectivity index (χ2v) is 12.8.